The van der Waals surface area contributed by atoms with E-state index >= 15 is 0 Å². The van der Waals surface area contributed by atoms with E-state index < -0.39 is 0 Å². The maximum absolute atomic E-state index is 9.33. The highest BCUT2D eigenvalue weighted by atomic mass is 16.5. The van der Waals surface area contributed by atoms with Gasteiger partial charge in [-0.1, -0.05) is 69.8 Å². The third-order valence-electron chi connectivity index (χ3n) is 3.97. The standard InChI is InChI=1S/C20H39NO2/c1-2-3-4-5-6-7-8-9-10-11-12-13-14-15-16-17-18-21(23)19-20-22/h6-7,9-10,22-23H,2-5,8,11-20H2,1H3/b7-6-,10-9-. The SMILES string of the molecule is CCCCC/C=C\C/C=C\CCCCCCCCN(O)CCO. The molecule has 2 N–H and O–H groups in total. The molecule has 0 saturated heterocycles. The van der Waals surface area contributed by atoms with Crippen LogP contribution in [0.25, 0.3) is 0 Å². The summed E-state index contributed by atoms with van der Waals surface area (Å²) in [5, 5.41) is 19.2. The largest absolute Gasteiger partial charge is 0.395 e. The fourth-order valence-electron chi connectivity index (χ4n) is 2.51. The van der Waals surface area contributed by atoms with E-state index in [2.05, 4.69) is 31.2 Å². The first kappa shape index (κ1) is 22.4. The lowest BCUT2D eigenvalue weighted by atomic mass is 10.1. The van der Waals surface area contributed by atoms with Crippen molar-refractivity contribution in [1.82, 2.24) is 5.06 Å². The molecule has 0 aromatic carbocycles. The molecule has 23 heavy (non-hydrogen) atoms. The van der Waals surface area contributed by atoms with Crippen molar-refractivity contribution in [3.05, 3.63) is 24.3 Å². The zero-order valence-electron chi connectivity index (χ0n) is 15.3. The minimum absolute atomic E-state index is 0.0265. The minimum Gasteiger partial charge on any atom is -0.395 e. The molecule has 0 fully saturated rings. The van der Waals surface area contributed by atoms with Gasteiger partial charge in [0.1, 0.15) is 0 Å². The summed E-state index contributed by atoms with van der Waals surface area (Å²) in [5.41, 5.74) is 0. The maximum atomic E-state index is 9.33. The summed E-state index contributed by atoms with van der Waals surface area (Å²) in [6, 6.07) is 0. The maximum Gasteiger partial charge on any atom is 0.0581 e. The van der Waals surface area contributed by atoms with Crippen molar-refractivity contribution >= 4 is 0 Å². The Morgan fingerprint density at radius 3 is 1.87 bits per heavy atom. The predicted molar refractivity (Wildman–Crippen MR) is 99.8 cm³/mol. The van der Waals surface area contributed by atoms with E-state index in [9.17, 15) is 5.21 Å². The van der Waals surface area contributed by atoms with Crippen LogP contribution < -0.4 is 0 Å². The molecule has 0 heterocycles. The molecular formula is C20H39NO2. The van der Waals surface area contributed by atoms with Crippen molar-refractivity contribution < 1.29 is 10.3 Å². The van der Waals surface area contributed by atoms with Gasteiger partial charge in [-0.15, -0.1) is 0 Å². The summed E-state index contributed by atoms with van der Waals surface area (Å²) in [7, 11) is 0. The lowest BCUT2D eigenvalue weighted by molar-refractivity contribution is -0.0991. The first-order valence-electron chi connectivity index (χ1n) is 9.66. The number of hydroxylamine groups is 2. The van der Waals surface area contributed by atoms with Crippen molar-refractivity contribution in [1.29, 1.82) is 0 Å². The number of hydrogen-bond donors (Lipinski definition) is 2. The highest BCUT2D eigenvalue weighted by Crippen LogP contribution is 2.08. The zero-order chi connectivity index (χ0) is 17.0. The number of unbranched alkanes of at least 4 members (excludes halogenated alkanes) is 9. The van der Waals surface area contributed by atoms with Crippen LogP contribution in [0, 0.1) is 0 Å². The van der Waals surface area contributed by atoms with Gasteiger partial charge in [0.25, 0.3) is 0 Å². The average Bonchev–Trinajstić information content (AvgIpc) is 2.54. The van der Waals surface area contributed by atoms with E-state index in [0.29, 0.717) is 13.1 Å². The van der Waals surface area contributed by atoms with Gasteiger partial charge in [-0.2, -0.15) is 5.06 Å². The molecule has 136 valence electrons. The van der Waals surface area contributed by atoms with E-state index in [1.54, 1.807) is 0 Å². The third kappa shape index (κ3) is 19.3. The van der Waals surface area contributed by atoms with Crippen molar-refractivity contribution in [2.45, 2.75) is 84.0 Å². The van der Waals surface area contributed by atoms with Gasteiger partial charge in [-0.05, 0) is 38.5 Å². The highest BCUT2D eigenvalue weighted by molar-refractivity contribution is 4.92. The first-order chi connectivity index (χ1) is 11.3. The topological polar surface area (TPSA) is 43.7 Å². The molecule has 0 amide bonds. The van der Waals surface area contributed by atoms with Crippen LogP contribution in [0.15, 0.2) is 24.3 Å². The Morgan fingerprint density at radius 2 is 1.26 bits per heavy atom. The second-order valence-corrected chi connectivity index (χ2v) is 6.26. The second kappa shape index (κ2) is 19.4. The molecule has 0 radical (unpaired) electrons. The van der Waals surface area contributed by atoms with Gasteiger partial charge in [0.05, 0.1) is 6.61 Å². The summed E-state index contributed by atoms with van der Waals surface area (Å²) < 4.78 is 0. The predicted octanol–water partition coefficient (Wildman–Crippen LogP) is 5.48. The Hall–Kier alpha value is -0.640. The van der Waals surface area contributed by atoms with Gasteiger partial charge >= 0.3 is 0 Å². The van der Waals surface area contributed by atoms with Crippen LogP contribution in [0.3, 0.4) is 0 Å². The molecule has 0 bridgehead atoms. The van der Waals surface area contributed by atoms with Gasteiger partial charge in [-0.3, -0.25) is 0 Å². The summed E-state index contributed by atoms with van der Waals surface area (Å²) in [5.74, 6) is 0. The highest BCUT2D eigenvalue weighted by Gasteiger charge is 1.98. The number of hydrogen-bond acceptors (Lipinski definition) is 3. The molecule has 0 unspecified atom stereocenters. The molecule has 3 nitrogen and oxygen atoms in total. The minimum atomic E-state index is 0.0265. The fourth-order valence-corrected chi connectivity index (χ4v) is 2.51. The monoisotopic (exact) mass is 325 g/mol. The van der Waals surface area contributed by atoms with Crippen LogP contribution in [0.2, 0.25) is 0 Å². The lowest BCUT2D eigenvalue weighted by Crippen LogP contribution is -2.23. The number of rotatable bonds is 17. The molecule has 0 saturated carbocycles. The molecule has 0 aromatic heterocycles. The second-order valence-electron chi connectivity index (χ2n) is 6.26. The molecule has 0 aliphatic rings. The van der Waals surface area contributed by atoms with Gasteiger partial charge in [0.2, 0.25) is 0 Å². The van der Waals surface area contributed by atoms with Crippen LogP contribution in [-0.4, -0.2) is 35.1 Å². The van der Waals surface area contributed by atoms with Crippen LogP contribution in [-0.2, 0) is 0 Å². The van der Waals surface area contributed by atoms with Crippen LogP contribution in [0.1, 0.15) is 84.0 Å². The third-order valence-corrected chi connectivity index (χ3v) is 3.97. The molecule has 0 aliphatic heterocycles. The summed E-state index contributed by atoms with van der Waals surface area (Å²) in [4.78, 5) is 0. The Morgan fingerprint density at radius 1 is 0.696 bits per heavy atom. The number of aliphatic hydroxyl groups excluding tert-OH is 1. The summed E-state index contributed by atoms with van der Waals surface area (Å²) in [6.45, 7) is 3.31. The van der Waals surface area contributed by atoms with Crippen molar-refractivity contribution in [3.63, 3.8) is 0 Å². The molecule has 3 heteroatoms. The summed E-state index contributed by atoms with van der Waals surface area (Å²) in [6.07, 6.45) is 24.0. The van der Waals surface area contributed by atoms with E-state index in [4.69, 9.17) is 5.11 Å². The molecule has 0 atom stereocenters. The Kier molecular flexibility index (Phi) is 18.9. The van der Waals surface area contributed by atoms with Crippen molar-refractivity contribution in [2.75, 3.05) is 19.7 Å². The Labute approximate surface area is 144 Å². The fraction of sp³-hybridized carbons (Fsp3) is 0.800. The van der Waals surface area contributed by atoms with Gasteiger partial charge in [0.15, 0.2) is 0 Å². The molecule has 0 aliphatic carbocycles. The average molecular weight is 326 g/mol. The quantitative estimate of drug-likeness (QED) is 0.211. The van der Waals surface area contributed by atoms with E-state index in [1.165, 1.54) is 69.3 Å². The van der Waals surface area contributed by atoms with E-state index in [0.717, 1.165) is 12.8 Å². The van der Waals surface area contributed by atoms with E-state index in [-0.39, 0.29) is 6.61 Å². The Balaban J connectivity index is 3.19. The van der Waals surface area contributed by atoms with Crippen LogP contribution in [0.4, 0.5) is 0 Å². The van der Waals surface area contributed by atoms with Gasteiger partial charge in [-0.25, -0.2) is 0 Å². The molecule has 0 aromatic rings. The van der Waals surface area contributed by atoms with E-state index in [1.807, 2.05) is 0 Å². The number of aliphatic hydroxyl groups is 1. The molecule has 0 spiro atoms. The molecular weight excluding hydrogens is 286 g/mol. The normalized spacial score (nSPS) is 12.2. The zero-order valence-corrected chi connectivity index (χ0v) is 15.3. The number of allylic oxidation sites excluding steroid dienone is 4. The Bertz CT molecular complexity index is 277. The van der Waals surface area contributed by atoms with Crippen LogP contribution in [0.5, 0.6) is 0 Å². The van der Waals surface area contributed by atoms with Gasteiger partial charge in [0, 0.05) is 13.1 Å². The number of nitrogens with zero attached hydrogens (tertiary/aromatic N) is 1. The van der Waals surface area contributed by atoms with Crippen molar-refractivity contribution in [3.8, 4) is 0 Å². The van der Waals surface area contributed by atoms with Crippen LogP contribution >= 0.6 is 0 Å². The smallest absolute Gasteiger partial charge is 0.0581 e. The lowest BCUT2D eigenvalue weighted by Gasteiger charge is -2.12. The molecule has 0 rings (SSSR count). The first-order valence-corrected chi connectivity index (χ1v) is 9.66. The van der Waals surface area contributed by atoms with Crippen molar-refractivity contribution in [2.24, 2.45) is 0 Å². The summed E-state index contributed by atoms with van der Waals surface area (Å²) >= 11 is 0. The van der Waals surface area contributed by atoms with Gasteiger partial charge < -0.3 is 10.3 Å².